The van der Waals surface area contributed by atoms with Gasteiger partial charge in [0.15, 0.2) is 5.82 Å². The van der Waals surface area contributed by atoms with Gasteiger partial charge in [0.05, 0.1) is 17.2 Å². The first kappa shape index (κ1) is 19.1. The van der Waals surface area contributed by atoms with E-state index in [9.17, 15) is 18.0 Å². The van der Waals surface area contributed by atoms with E-state index in [1.165, 1.54) is 16.8 Å². The van der Waals surface area contributed by atoms with Crippen molar-refractivity contribution in [3.05, 3.63) is 64.2 Å². The number of rotatable bonds is 4. The summed E-state index contributed by atoms with van der Waals surface area (Å²) in [6.45, 7) is 2.81. The third kappa shape index (κ3) is 3.56. The van der Waals surface area contributed by atoms with Crippen molar-refractivity contribution in [2.45, 2.75) is 18.7 Å². The number of aromatic nitrogens is 3. The zero-order chi connectivity index (χ0) is 20.5. The van der Waals surface area contributed by atoms with Gasteiger partial charge in [-0.15, -0.1) is 0 Å². The van der Waals surface area contributed by atoms with Gasteiger partial charge in [-0.25, -0.2) is 22.8 Å². The van der Waals surface area contributed by atoms with Crippen molar-refractivity contribution in [3.63, 3.8) is 0 Å². The number of carbonyl (C=O) groups is 1. The highest BCUT2D eigenvalue weighted by molar-refractivity contribution is 7.90. The summed E-state index contributed by atoms with van der Waals surface area (Å²) in [6.07, 6.45) is 1.06. The Hall–Kier alpha value is -3.71. The van der Waals surface area contributed by atoms with Crippen LogP contribution in [0, 0.1) is 18.3 Å². The average molecular weight is 397 g/mol. The van der Waals surface area contributed by atoms with Gasteiger partial charge >= 0.3 is 0 Å². The molecule has 0 spiro atoms. The molecule has 0 bridgehead atoms. The van der Waals surface area contributed by atoms with Crippen LogP contribution in [0.1, 0.15) is 18.2 Å². The lowest BCUT2D eigenvalue weighted by Gasteiger charge is -2.05. The zero-order valence-corrected chi connectivity index (χ0v) is 15.7. The van der Waals surface area contributed by atoms with Crippen molar-refractivity contribution < 1.29 is 13.2 Å². The van der Waals surface area contributed by atoms with Crippen LogP contribution in [0.15, 0.2) is 52.3 Å². The predicted octanol–water partition coefficient (Wildman–Crippen LogP) is 1.23. The molecule has 0 aliphatic carbocycles. The van der Waals surface area contributed by atoms with Gasteiger partial charge < -0.3 is 0 Å². The highest BCUT2D eigenvalue weighted by Crippen LogP contribution is 2.20. The SMILES string of the molecule is CC(=O)NS(=O)(=O)c1ccc(-n2[nH]c(C)c(-c3ccc(C#N)cc3)c2=O)nc1. The number of pyridine rings is 1. The number of benzene rings is 1. The first-order chi connectivity index (χ1) is 13.2. The van der Waals surface area contributed by atoms with Gasteiger partial charge in [-0.05, 0) is 36.8 Å². The maximum atomic E-state index is 12.8. The Morgan fingerprint density at radius 2 is 1.89 bits per heavy atom. The molecule has 1 amide bonds. The molecular weight excluding hydrogens is 382 g/mol. The van der Waals surface area contributed by atoms with E-state index < -0.39 is 15.9 Å². The number of nitrogens with one attached hydrogen (secondary N) is 2. The molecule has 1 aromatic carbocycles. The lowest BCUT2D eigenvalue weighted by Crippen LogP contribution is -2.28. The minimum atomic E-state index is -4.01. The third-order valence-electron chi connectivity index (χ3n) is 3.91. The van der Waals surface area contributed by atoms with Gasteiger partial charge in [0.1, 0.15) is 4.90 Å². The third-order valence-corrected chi connectivity index (χ3v) is 5.33. The number of carbonyl (C=O) groups excluding carboxylic acids is 1. The normalized spacial score (nSPS) is 11.0. The molecule has 0 saturated heterocycles. The molecular formula is C18H15N5O4S. The smallest absolute Gasteiger partial charge is 0.280 e. The molecule has 0 saturated carbocycles. The summed E-state index contributed by atoms with van der Waals surface area (Å²) < 4.78 is 27.0. The minimum absolute atomic E-state index is 0.190. The molecule has 2 N–H and O–H groups in total. The fourth-order valence-electron chi connectivity index (χ4n) is 2.67. The molecule has 2 heterocycles. The topological polar surface area (TPSA) is 138 Å². The van der Waals surface area contributed by atoms with Crippen LogP contribution in [0.25, 0.3) is 16.9 Å². The van der Waals surface area contributed by atoms with Crippen LogP contribution in [0.2, 0.25) is 0 Å². The van der Waals surface area contributed by atoms with Gasteiger partial charge in [-0.1, -0.05) is 12.1 Å². The number of amides is 1. The van der Waals surface area contributed by atoms with E-state index in [1.54, 1.807) is 31.2 Å². The minimum Gasteiger partial charge on any atom is -0.293 e. The van der Waals surface area contributed by atoms with E-state index in [2.05, 4.69) is 10.1 Å². The van der Waals surface area contributed by atoms with Gasteiger partial charge in [0.2, 0.25) is 5.91 Å². The van der Waals surface area contributed by atoms with Crippen molar-refractivity contribution in [1.82, 2.24) is 19.5 Å². The van der Waals surface area contributed by atoms with Crippen molar-refractivity contribution in [3.8, 4) is 23.0 Å². The summed E-state index contributed by atoms with van der Waals surface area (Å²) in [5.74, 6) is -0.526. The summed E-state index contributed by atoms with van der Waals surface area (Å²) in [6, 6.07) is 11.2. The van der Waals surface area contributed by atoms with E-state index in [0.29, 0.717) is 22.4 Å². The second-order valence-corrected chi connectivity index (χ2v) is 7.64. The number of aryl methyl sites for hydroxylation is 1. The first-order valence-corrected chi connectivity index (χ1v) is 9.53. The van der Waals surface area contributed by atoms with Crippen LogP contribution in [-0.4, -0.2) is 29.1 Å². The molecule has 3 rings (SSSR count). The van der Waals surface area contributed by atoms with Crippen LogP contribution in [0.5, 0.6) is 0 Å². The number of aromatic amines is 1. The number of nitrogens with zero attached hydrogens (tertiary/aromatic N) is 3. The largest absolute Gasteiger partial charge is 0.293 e. The second-order valence-electron chi connectivity index (χ2n) is 5.96. The van der Waals surface area contributed by atoms with E-state index >= 15 is 0 Å². The molecule has 10 heteroatoms. The molecule has 0 radical (unpaired) electrons. The Morgan fingerprint density at radius 3 is 2.43 bits per heavy atom. The Balaban J connectivity index is 2.00. The molecule has 0 fully saturated rings. The van der Waals surface area contributed by atoms with E-state index in [0.717, 1.165) is 13.1 Å². The van der Waals surface area contributed by atoms with E-state index in [1.807, 2.05) is 10.8 Å². The molecule has 28 heavy (non-hydrogen) atoms. The van der Waals surface area contributed by atoms with Gasteiger partial charge in [-0.2, -0.15) is 5.26 Å². The second kappa shape index (κ2) is 7.13. The van der Waals surface area contributed by atoms with Gasteiger partial charge in [0.25, 0.3) is 15.6 Å². The highest BCUT2D eigenvalue weighted by Gasteiger charge is 2.18. The summed E-state index contributed by atoms with van der Waals surface area (Å²) in [5.41, 5.74) is 1.76. The number of hydrogen-bond donors (Lipinski definition) is 2. The number of nitriles is 1. The lowest BCUT2D eigenvalue weighted by atomic mass is 10.1. The van der Waals surface area contributed by atoms with Crippen molar-refractivity contribution >= 4 is 15.9 Å². The van der Waals surface area contributed by atoms with Crippen molar-refractivity contribution in [2.75, 3.05) is 0 Å². The van der Waals surface area contributed by atoms with E-state index in [-0.39, 0.29) is 16.3 Å². The fraction of sp³-hybridized carbons (Fsp3) is 0.111. The summed E-state index contributed by atoms with van der Waals surface area (Å²) in [7, 11) is -4.01. The highest BCUT2D eigenvalue weighted by atomic mass is 32.2. The quantitative estimate of drug-likeness (QED) is 0.679. The van der Waals surface area contributed by atoms with Crippen LogP contribution >= 0.6 is 0 Å². The van der Waals surface area contributed by atoms with Gasteiger partial charge in [0, 0.05) is 18.8 Å². The van der Waals surface area contributed by atoms with Crippen LogP contribution < -0.4 is 10.3 Å². The number of sulfonamides is 1. The van der Waals surface area contributed by atoms with Crippen molar-refractivity contribution in [2.24, 2.45) is 0 Å². The van der Waals surface area contributed by atoms with Crippen LogP contribution in [0.3, 0.4) is 0 Å². The molecule has 142 valence electrons. The van der Waals surface area contributed by atoms with Crippen LogP contribution in [-0.2, 0) is 14.8 Å². The Kier molecular flexibility index (Phi) is 4.85. The Bertz CT molecular complexity index is 1250. The Morgan fingerprint density at radius 1 is 1.21 bits per heavy atom. The molecule has 2 aromatic heterocycles. The summed E-state index contributed by atoms with van der Waals surface area (Å²) >= 11 is 0. The van der Waals surface area contributed by atoms with Crippen molar-refractivity contribution in [1.29, 1.82) is 5.26 Å². The van der Waals surface area contributed by atoms with Crippen LogP contribution in [0.4, 0.5) is 0 Å². The zero-order valence-electron chi connectivity index (χ0n) is 14.9. The number of H-pyrrole nitrogens is 1. The molecule has 0 unspecified atom stereocenters. The maximum absolute atomic E-state index is 12.8. The average Bonchev–Trinajstić information content (AvgIpc) is 2.95. The molecule has 3 aromatic rings. The number of hydrogen-bond acceptors (Lipinski definition) is 6. The maximum Gasteiger partial charge on any atom is 0.280 e. The summed E-state index contributed by atoms with van der Waals surface area (Å²) in [5, 5.41) is 11.8. The fourth-order valence-corrected chi connectivity index (χ4v) is 3.61. The van der Waals surface area contributed by atoms with Gasteiger partial charge in [-0.3, -0.25) is 14.7 Å². The first-order valence-electron chi connectivity index (χ1n) is 8.05. The molecule has 0 aliphatic rings. The molecule has 9 nitrogen and oxygen atoms in total. The monoisotopic (exact) mass is 397 g/mol. The van der Waals surface area contributed by atoms with E-state index in [4.69, 9.17) is 5.26 Å². The lowest BCUT2D eigenvalue weighted by molar-refractivity contribution is -0.117. The Labute approximate surface area is 160 Å². The molecule has 0 atom stereocenters. The predicted molar refractivity (Wildman–Crippen MR) is 100 cm³/mol. The summed E-state index contributed by atoms with van der Waals surface area (Å²) in [4.78, 5) is 27.6. The molecule has 0 aliphatic heterocycles. The standard InChI is InChI=1S/C18H15N5O4S/c1-11-17(14-5-3-13(9-19)4-6-14)18(25)23(21-11)16-8-7-15(10-20-16)28(26,27)22-12(2)24/h3-8,10,21H,1-2H3,(H,22,24).